The summed E-state index contributed by atoms with van der Waals surface area (Å²) in [7, 11) is 0. The minimum Gasteiger partial charge on any atom is -0.506 e. The number of carbonyl (C=O) groups is 1. The molecule has 1 aromatic carbocycles. The van der Waals surface area contributed by atoms with Crippen molar-refractivity contribution in [3.63, 3.8) is 0 Å². The van der Waals surface area contributed by atoms with Crippen molar-refractivity contribution in [2.45, 2.75) is 52.1 Å². The number of halogens is 1. The van der Waals surface area contributed by atoms with Gasteiger partial charge in [-0.2, -0.15) is 0 Å². The average Bonchev–Trinajstić information content (AvgIpc) is 2.30. The quantitative estimate of drug-likeness (QED) is 0.867. The average molecular weight is 300 g/mol. The molecule has 1 rings (SSSR count). The van der Waals surface area contributed by atoms with Crippen molar-refractivity contribution >= 4 is 17.7 Å². The molecule has 20 heavy (non-hydrogen) atoms. The molecule has 112 valence electrons. The maximum atomic E-state index is 11.7. The number of carboxylic acid groups (broad SMARTS) is 1. The topological polar surface area (TPSA) is 60.8 Å². The van der Waals surface area contributed by atoms with Gasteiger partial charge in [0.25, 0.3) is 0 Å². The van der Waals surface area contributed by atoms with Crippen LogP contribution in [-0.2, 0) is 5.54 Å². The van der Waals surface area contributed by atoms with Crippen molar-refractivity contribution < 1.29 is 15.0 Å². The first kappa shape index (κ1) is 16.6. The van der Waals surface area contributed by atoms with E-state index in [0.29, 0.717) is 6.42 Å². The zero-order valence-corrected chi connectivity index (χ0v) is 13.3. The molecular weight excluding hydrogens is 278 g/mol. The van der Waals surface area contributed by atoms with Crippen LogP contribution in [0.2, 0.25) is 5.02 Å². The minimum absolute atomic E-state index is 0.0388. The van der Waals surface area contributed by atoms with Crippen molar-refractivity contribution in [2.75, 3.05) is 0 Å². The molecule has 1 atom stereocenters. The van der Waals surface area contributed by atoms with Crippen LogP contribution in [0, 0.1) is 0 Å². The van der Waals surface area contributed by atoms with Crippen LogP contribution in [-0.4, -0.2) is 26.7 Å². The highest BCUT2D eigenvalue weighted by molar-refractivity contribution is 6.32. The fourth-order valence-corrected chi connectivity index (χ4v) is 2.69. The molecule has 4 nitrogen and oxygen atoms in total. The lowest BCUT2D eigenvalue weighted by Crippen LogP contribution is -2.56. The molecule has 5 heteroatoms. The maximum Gasteiger partial charge on any atom is 0.408 e. The van der Waals surface area contributed by atoms with Crippen LogP contribution in [0.25, 0.3) is 0 Å². The van der Waals surface area contributed by atoms with Crippen LogP contribution in [0.4, 0.5) is 4.79 Å². The van der Waals surface area contributed by atoms with Crippen molar-refractivity contribution in [3.8, 4) is 5.75 Å². The Morgan fingerprint density at radius 2 is 1.85 bits per heavy atom. The van der Waals surface area contributed by atoms with Crippen molar-refractivity contribution in [1.29, 1.82) is 0 Å². The molecule has 0 aliphatic heterocycles. The first-order chi connectivity index (χ1) is 9.04. The van der Waals surface area contributed by atoms with E-state index < -0.39 is 17.2 Å². The molecule has 0 aromatic heterocycles. The summed E-state index contributed by atoms with van der Waals surface area (Å²) in [5, 5.41) is 19.6. The molecule has 0 saturated heterocycles. The molecule has 1 amide bonds. The second kappa shape index (κ2) is 5.52. The molecule has 0 spiro atoms. The number of benzene rings is 1. The largest absolute Gasteiger partial charge is 0.506 e. The van der Waals surface area contributed by atoms with Crippen LogP contribution >= 0.6 is 11.6 Å². The van der Waals surface area contributed by atoms with Gasteiger partial charge in [0.1, 0.15) is 5.75 Å². The Hall–Kier alpha value is -1.42. The van der Waals surface area contributed by atoms with Crippen LogP contribution in [0.5, 0.6) is 5.75 Å². The molecule has 0 saturated carbocycles. The zero-order valence-electron chi connectivity index (χ0n) is 12.6. The van der Waals surface area contributed by atoms with E-state index in [1.807, 2.05) is 34.6 Å². The summed E-state index contributed by atoms with van der Waals surface area (Å²) >= 11 is 5.83. The van der Waals surface area contributed by atoms with Gasteiger partial charge in [-0.15, -0.1) is 0 Å². The number of hydrogen-bond acceptors (Lipinski definition) is 2. The number of amides is 1. The van der Waals surface area contributed by atoms with Crippen LogP contribution in [0.1, 0.15) is 46.6 Å². The molecule has 0 unspecified atom stereocenters. The van der Waals surface area contributed by atoms with E-state index in [0.717, 1.165) is 5.56 Å². The molecule has 0 heterocycles. The maximum absolute atomic E-state index is 11.7. The molecule has 0 fully saturated rings. The van der Waals surface area contributed by atoms with E-state index in [1.165, 1.54) is 11.0 Å². The summed E-state index contributed by atoms with van der Waals surface area (Å²) in [6.45, 7) is 9.34. The van der Waals surface area contributed by atoms with Gasteiger partial charge in [0.2, 0.25) is 0 Å². The summed E-state index contributed by atoms with van der Waals surface area (Å²) in [5.74, 6) is -0.0388. The number of rotatable bonds is 3. The van der Waals surface area contributed by atoms with Gasteiger partial charge in [0, 0.05) is 5.54 Å². The van der Waals surface area contributed by atoms with Crippen molar-refractivity contribution in [2.24, 2.45) is 0 Å². The lowest BCUT2D eigenvalue weighted by Gasteiger charge is -2.47. The van der Waals surface area contributed by atoms with Crippen LogP contribution in [0.15, 0.2) is 18.2 Å². The smallest absolute Gasteiger partial charge is 0.408 e. The molecule has 0 bridgehead atoms. The standard InChI is InChI=1S/C15H22ClNO3/c1-6-15(5,17(13(19)20)14(2,3)4)10-7-8-11(16)12(18)9-10/h7-9,18H,6H2,1-5H3,(H,19,20)/t15-/m0/s1. The van der Waals surface area contributed by atoms with E-state index in [9.17, 15) is 15.0 Å². The molecule has 0 radical (unpaired) electrons. The molecule has 0 aliphatic carbocycles. The predicted octanol–water partition coefficient (Wildman–Crippen LogP) is 4.45. The second-order valence-corrected chi connectivity index (χ2v) is 6.49. The number of aromatic hydroxyl groups is 1. The highest BCUT2D eigenvalue weighted by Gasteiger charge is 2.42. The van der Waals surface area contributed by atoms with E-state index >= 15 is 0 Å². The SMILES string of the molecule is CC[C@@](C)(c1ccc(Cl)c(O)c1)N(C(=O)O)C(C)(C)C. The molecule has 0 aliphatic rings. The van der Waals surface area contributed by atoms with Crippen molar-refractivity contribution in [3.05, 3.63) is 28.8 Å². The number of phenolic OH excluding ortho intramolecular Hbond substituents is 1. The van der Waals surface area contributed by atoms with Gasteiger partial charge >= 0.3 is 6.09 Å². The highest BCUT2D eigenvalue weighted by Crippen LogP contribution is 2.39. The molecule has 1 aromatic rings. The summed E-state index contributed by atoms with van der Waals surface area (Å²) in [4.78, 5) is 13.1. The van der Waals surface area contributed by atoms with Gasteiger partial charge < -0.3 is 10.2 Å². The second-order valence-electron chi connectivity index (χ2n) is 6.08. The van der Waals surface area contributed by atoms with Gasteiger partial charge in [-0.1, -0.05) is 24.6 Å². The molecular formula is C15H22ClNO3. The number of phenols is 1. The first-order valence-corrected chi connectivity index (χ1v) is 6.94. The van der Waals surface area contributed by atoms with E-state index in [1.54, 1.807) is 12.1 Å². The van der Waals surface area contributed by atoms with E-state index in [2.05, 4.69) is 0 Å². The third-order valence-electron chi connectivity index (χ3n) is 3.61. The summed E-state index contributed by atoms with van der Waals surface area (Å²) in [6, 6.07) is 4.88. The van der Waals surface area contributed by atoms with E-state index in [4.69, 9.17) is 11.6 Å². The Balaban J connectivity index is 3.44. The first-order valence-electron chi connectivity index (χ1n) is 6.56. The van der Waals surface area contributed by atoms with Crippen LogP contribution < -0.4 is 0 Å². The summed E-state index contributed by atoms with van der Waals surface area (Å²) in [5.41, 5.74) is -0.586. The third-order valence-corrected chi connectivity index (χ3v) is 3.93. The van der Waals surface area contributed by atoms with Crippen LogP contribution in [0.3, 0.4) is 0 Å². The highest BCUT2D eigenvalue weighted by atomic mass is 35.5. The molecule has 2 N–H and O–H groups in total. The Labute approximate surface area is 125 Å². The lowest BCUT2D eigenvalue weighted by molar-refractivity contribution is 0.0197. The Bertz CT molecular complexity index is 510. The predicted molar refractivity (Wildman–Crippen MR) is 80.4 cm³/mol. The number of hydrogen-bond donors (Lipinski definition) is 2. The van der Waals surface area contributed by atoms with Gasteiger partial charge in [0.15, 0.2) is 0 Å². The normalized spacial score (nSPS) is 14.7. The fourth-order valence-electron chi connectivity index (χ4n) is 2.58. The van der Waals surface area contributed by atoms with Crippen molar-refractivity contribution in [1.82, 2.24) is 4.90 Å². The summed E-state index contributed by atoms with van der Waals surface area (Å²) in [6.07, 6.45) is -0.409. The van der Waals surface area contributed by atoms with E-state index in [-0.39, 0.29) is 10.8 Å². The van der Waals surface area contributed by atoms with Gasteiger partial charge in [-0.25, -0.2) is 4.79 Å². The zero-order chi connectivity index (χ0) is 15.7. The van der Waals surface area contributed by atoms with Gasteiger partial charge in [-0.3, -0.25) is 4.90 Å². The Kier molecular flexibility index (Phi) is 4.59. The third kappa shape index (κ3) is 3.01. The van der Waals surface area contributed by atoms with Gasteiger partial charge in [0.05, 0.1) is 10.6 Å². The fraction of sp³-hybridized carbons (Fsp3) is 0.533. The van der Waals surface area contributed by atoms with Gasteiger partial charge in [-0.05, 0) is 51.8 Å². The Morgan fingerprint density at radius 1 is 1.30 bits per heavy atom. The minimum atomic E-state index is -0.990. The lowest BCUT2D eigenvalue weighted by atomic mass is 9.84. The number of nitrogens with zero attached hydrogens (tertiary/aromatic N) is 1. The summed E-state index contributed by atoms with van der Waals surface area (Å²) < 4.78 is 0. The Morgan fingerprint density at radius 3 is 2.20 bits per heavy atom. The monoisotopic (exact) mass is 299 g/mol.